The molecule has 1 atom stereocenters. The van der Waals surface area contributed by atoms with Crippen LogP contribution in [0.25, 0.3) is 54.9 Å². The summed E-state index contributed by atoms with van der Waals surface area (Å²) in [4.78, 5) is 2.65. The Morgan fingerprint density at radius 1 is 0.391 bits per heavy atom. The van der Waals surface area contributed by atoms with Gasteiger partial charge in [-0.2, -0.15) is 0 Å². The van der Waals surface area contributed by atoms with Gasteiger partial charge in [-0.25, -0.2) is 0 Å². The van der Waals surface area contributed by atoms with Gasteiger partial charge in [-0.1, -0.05) is 157 Å². The molecule has 0 nitrogen and oxygen atoms in total. The molecule has 0 radical (unpaired) electrons. The van der Waals surface area contributed by atoms with E-state index in [0.29, 0.717) is 0 Å². The second-order valence-corrected chi connectivity index (χ2v) is 13.5. The van der Waals surface area contributed by atoms with Crippen molar-refractivity contribution in [3.05, 3.63) is 192 Å². The minimum atomic E-state index is -0.462. The van der Waals surface area contributed by atoms with Crippen molar-refractivity contribution in [2.45, 2.75) is 15.2 Å². The predicted octanol–water partition coefficient (Wildman–Crippen LogP) is 12.2. The van der Waals surface area contributed by atoms with Crippen LogP contribution in [-0.4, -0.2) is 0 Å². The van der Waals surface area contributed by atoms with Crippen molar-refractivity contribution in [2.75, 3.05) is 0 Å². The molecule has 1 aliphatic heterocycles. The first kappa shape index (κ1) is 25.9. The van der Waals surface area contributed by atoms with Gasteiger partial charge < -0.3 is 0 Å². The van der Waals surface area contributed by atoms with E-state index in [4.69, 9.17) is 0 Å². The average molecular weight is 601 g/mol. The van der Waals surface area contributed by atoms with Crippen molar-refractivity contribution in [3.8, 4) is 33.4 Å². The number of hydrogen-bond acceptors (Lipinski definition) is 1. The van der Waals surface area contributed by atoms with Crippen LogP contribution in [-0.2, 0) is 5.41 Å². The van der Waals surface area contributed by atoms with Crippen LogP contribution in [0.3, 0.4) is 0 Å². The lowest BCUT2D eigenvalue weighted by Gasteiger charge is -2.35. The maximum absolute atomic E-state index is 2.46. The smallest absolute Gasteiger partial charge is 0.0719 e. The van der Waals surface area contributed by atoms with Crippen LogP contribution in [0.2, 0.25) is 0 Å². The maximum atomic E-state index is 2.46. The van der Waals surface area contributed by atoms with Gasteiger partial charge >= 0.3 is 0 Å². The third-order valence-electron chi connectivity index (χ3n) is 10.1. The summed E-state index contributed by atoms with van der Waals surface area (Å²) in [6.45, 7) is 0. The molecule has 0 saturated carbocycles. The van der Waals surface area contributed by atoms with Gasteiger partial charge in [0.1, 0.15) is 0 Å². The Morgan fingerprint density at radius 3 is 2.04 bits per heavy atom. The highest BCUT2D eigenvalue weighted by molar-refractivity contribution is 7.99. The highest BCUT2D eigenvalue weighted by Crippen LogP contribution is 2.58. The van der Waals surface area contributed by atoms with Crippen molar-refractivity contribution in [3.63, 3.8) is 0 Å². The topological polar surface area (TPSA) is 0 Å². The molecule has 1 heterocycles. The highest BCUT2D eigenvalue weighted by atomic mass is 32.2. The third-order valence-corrected chi connectivity index (χ3v) is 11.2. The van der Waals surface area contributed by atoms with Crippen molar-refractivity contribution in [2.24, 2.45) is 0 Å². The Hall–Kier alpha value is -5.37. The summed E-state index contributed by atoms with van der Waals surface area (Å²) in [5.74, 6) is 0. The van der Waals surface area contributed by atoms with Crippen LogP contribution >= 0.6 is 11.8 Å². The van der Waals surface area contributed by atoms with E-state index in [1.165, 1.54) is 87.0 Å². The summed E-state index contributed by atoms with van der Waals surface area (Å²) in [6, 6.07) is 63.4. The monoisotopic (exact) mass is 600 g/mol. The zero-order valence-electron chi connectivity index (χ0n) is 25.1. The van der Waals surface area contributed by atoms with E-state index in [1.807, 2.05) is 11.8 Å². The first-order chi connectivity index (χ1) is 22.8. The fourth-order valence-corrected chi connectivity index (χ4v) is 9.41. The maximum Gasteiger partial charge on any atom is 0.0719 e. The normalized spacial score (nSPS) is 15.8. The number of fused-ring (bicyclic) bond motifs is 7. The Kier molecular flexibility index (Phi) is 5.53. The summed E-state index contributed by atoms with van der Waals surface area (Å²) >= 11 is 1.89. The van der Waals surface area contributed by atoms with Crippen LogP contribution in [0.4, 0.5) is 0 Å². The first-order valence-electron chi connectivity index (χ1n) is 15.9. The van der Waals surface area contributed by atoms with E-state index in [2.05, 4.69) is 170 Å². The molecule has 1 unspecified atom stereocenters. The van der Waals surface area contributed by atoms with Crippen LogP contribution < -0.4 is 0 Å². The van der Waals surface area contributed by atoms with Crippen LogP contribution in [0, 0.1) is 0 Å². The van der Waals surface area contributed by atoms with Crippen LogP contribution in [0.1, 0.15) is 22.3 Å². The Labute approximate surface area is 273 Å². The molecule has 0 bridgehead atoms. The molecule has 0 saturated heterocycles. The number of benzene rings is 8. The van der Waals surface area contributed by atoms with E-state index in [9.17, 15) is 0 Å². The molecule has 46 heavy (non-hydrogen) atoms. The first-order valence-corrected chi connectivity index (χ1v) is 16.7. The fourth-order valence-electron chi connectivity index (χ4n) is 8.22. The second-order valence-electron chi connectivity index (χ2n) is 12.4. The Balaban J connectivity index is 1.26. The quantitative estimate of drug-likeness (QED) is 0.194. The molecule has 0 aromatic heterocycles. The summed E-state index contributed by atoms with van der Waals surface area (Å²) in [7, 11) is 0. The lowest BCUT2D eigenvalue weighted by molar-refractivity contribution is 0.776. The molecular weight excluding hydrogens is 573 g/mol. The molecule has 2 aliphatic rings. The molecule has 0 fully saturated rings. The lowest BCUT2D eigenvalue weighted by atomic mass is 9.66. The molecule has 8 aromatic rings. The fraction of sp³-hybridized carbons (Fsp3) is 0.0222. The minimum absolute atomic E-state index is 0.462. The molecule has 8 aromatic carbocycles. The molecule has 0 N–H and O–H groups in total. The summed E-state index contributed by atoms with van der Waals surface area (Å²) < 4.78 is 0. The number of hydrogen-bond donors (Lipinski definition) is 0. The average Bonchev–Trinajstić information content (AvgIpc) is 3.44. The van der Waals surface area contributed by atoms with Crippen molar-refractivity contribution >= 4 is 33.3 Å². The molecule has 10 rings (SSSR count). The lowest BCUT2D eigenvalue weighted by Crippen LogP contribution is -2.28. The van der Waals surface area contributed by atoms with Gasteiger partial charge in [0, 0.05) is 15.2 Å². The molecule has 0 spiro atoms. The van der Waals surface area contributed by atoms with E-state index < -0.39 is 5.41 Å². The van der Waals surface area contributed by atoms with Gasteiger partial charge in [0.15, 0.2) is 0 Å². The van der Waals surface area contributed by atoms with E-state index >= 15 is 0 Å². The second kappa shape index (κ2) is 9.81. The van der Waals surface area contributed by atoms with E-state index in [-0.39, 0.29) is 0 Å². The van der Waals surface area contributed by atoms with Crippen molar-refractivity contribution < 1.29 is 0 Å². The van der Waals surface area contributed by atoms with Crippen molar-refractivity contribution in [1.82, 2.24) is 0 Å². The molecule has 214 valence electrons. The Morgan fingerprint density at radius 2 is 1.11 bits per heavy atom. The highest BCUT2D eigenvalue weighted by Gasteiger charge is 2.47. The molecule has 1 heteroatoms. The van der Waals surface area contributed by atoms with Gasteiger partial charge in [-0.15, -0.1) is 0 Å². The van der Waals surface area contributed by atoms with Gasteiger partial charge in [-0.05, 0) is 96.1 Å². The van der Waals surface area contributed by atoms with Gasteiger partial charge in [0.25, 0.3) is 0 Å². The number of rotatable bonds is 3. The van der Waals surface area contributed by atoms with Crippen molar-refractivity contribution in [1.29, 1.82) is 0 Å². The summed E-state index contributed by atoms with van der Waals surface area (Å²) in [6.07, 6.45) is 0. The third kappa shape index (κ3) is 3.52. The zero-order valence-corrected chi connectivity index (χ0v) is 25.9. The Bertz CT molecular complexity index is 2510. The van der Waals surface area contributed by atoms with Gasteiger partial charge in [0.05, 0.1) is 5.41 Å². The molecule has 0 amide bonds. The summed E-state index contributed by atoms with van der Waals surface area (Å²) in [5, 5.41) is 5.23. The summed E-state index contributed by atoms with van der Waals surface area (Å²) in [5.41, 5.74) is 12.6. The van der Waals surface area contributed by atoms with Crippen LogP contribution in [0.15, 0.2) is 180 Å². The SMILES string of the molecule is c1ccc(C2(c3cccc(-c4cc5c6c(cccc6c4)-c4ccccc4S5)c3)c3ccccc3-c3ccc4ccccc4c32)cc1. The van der Waals surface area contributed by atoms with E-state index in [1.54, 1.807) is 0 Å². The van der Waals surface area contributed by atoms with E-state index in [0.717, 1.165) is 0 Å². The predicted molar refractivity (Wildman–Crippen MR) is 194 cm³/mol. The van der Waals surface area contributed by atoms with Crippen LogP contribution in [0.5, 0.6) is 0 Å². The zero-order chi connectivity index (χ0) is 30.2. The van der Waals surface area contributed by atoms with Gasteiger partial charge in [-0.3, -0.25) is 0 Å². The molecular formula is C45H28S. The van der Waals surface area contributed by atoms with Gasteiger partial charge in [0.2, 0.25) is 0 Å². The standard InChI is InChI=1S/C45H28S/c1-2-15-33(16-3-1)45(40-22-8-6-19-36(40)39-25-24-29-12-4-5-18-35(29)44(39)45)34-17-10-13-30(27-34)32-26-31-14-11-21-38-37-20-7-9-23-41(37)46-42(28-32)43(31)38/h1-28H. The largest absolute Gasteiger partial charge is 0.0888 e. The minimum Gasteiger partial charge on any atom is -0.0888 e. The molecule has 1 aliphatic carbocycles.